The summed E-state index contributed by atoms with van der Waals surface area (Å²) in [5.74, 6) is 0.799. The minimum Gasteiger partial charge on any atom is -0.389 e. The summed E-state index contributed by atoms with van der Waals surface area (Å²) in [7, 11) is 0. The Bertz CT molecular complexity index is 328. The monoisotopic (exact) mass is 270 g/mol. The molecule has 0 fully saturated rings. The number of rotatable bonds is 11. The third kappa shape index (κ3) is 7.97. The summed E-state index contributed by atoms with van der Waals surface area (Å²) in [4.78, 5) is 0. The molecule has 0 spiro atoms. The van der Waals surface area contributed by atoms with E-state index >= 15 is 0 Å². The molecule has 0 radical (unpaired) electrons. The molecule has 1 aromatic rings. The molecule has 0 aliphatic heterocycles. The van der Waals surface area contributed by atoms with E-state index in [0.29, 0.717) is 19.7 Å². The smallest absolute Gasteiger partial charge is 0.133 e. The Morgan fingerprint density at radius 3 is 2.95 bits per heavy atom. The highest BCUT2D eigenvalue weighted by Gasteiger charge is 2.05. The maximum atomic E-state index is 9.70. The molecule has 1 rings (SSSR count). The average Bonchev–Trinajstić information content (AvgIpc) is 2.79. The minimum absolute atomic E-state index is 0.386. The molecule has 1 aromatic heterocycles. The largest absolute Gasteiger partial charge is 0.389 e. The van der Waals surface area contributed by atoms with E-state index in [2.05, 4.69) is 17.4 Å². The van der Waals surface area contributed by atoms with Gasteiger partial charge in [0.2, 0.25) is 0 Å². The van der Waals surface area contributed by atoms with Gasteiger partial charge in [0, 0.05) is 25.8 Å². The first-order valence-electron chi connectivity index (χ1n) is 7.11. The van der Waals surface area contributed by atoms with Gasteiger partial charge >= 0.3 is 0 Å². The highest BCUT2D eigenvalue weighted by Crippen LogP contribution is 2.01. The molecule has 1 unspecified atom stereocenters. The Labute approximate surface area is 115 Å². The van der Waals surface area contributed by atoms with Crippen molar-refractivity contribution >= 4 is 0 Å². The first-order chi connectivity index (χ1) is 9.22. The molecule has 1 atom stereocenters. The second kappa shape index (κ2) is 9.95. The zero-order valence-electron chi connectivity index (χ0n) is 12.0. The van der Waals surface area contributed by atoms with Crippen molar-refractivity contribution in [1.82, 2.24) is 10.5 Å². The van der Waals surface area contributed by atoms with Crippen molar-refractivity contribution in [3.63, 3.8) is 0 Å². The van der Waals surface area contributed by atoms with Crippen LogP contribution in [0.4, 0.5) is 0 Å². The van der Waals surface area contributed by atoms with E-state index in [1.807, 2.05) is 13.0 Å². The van der Waals surface area contributed by atoms with Gasteiger partial charge in [-0.15, -0.1) is 0 Å². The average molecular weight is 270 g/mol. The Hall–Kier alpha value is -0.910. The van der Waals surface area contributed by atoms with Crippen LogP contribution in [0.2, 0.25) is 0 Å². The Kier molecular flexibility index (Phi) is 8.45. The van der Waals surface area contributed by atoms with Crippen LogP contribution in [-0.2, 0) is 11.3 Å². The Morgan fingerprint density at radius 2 is 2.26 bits per heavy atom. The van der Waals surface area contributed by atoms with Gasteiger partial charge in [-0.05, 0) is 13.3 Å². The van der Waals surface area contributed by atoms with Crippen LogP contribution in [0.5, 0.6) is 0 Å². The molecule has 19 heavy (non-hydrogen) atoms. The van der Waals surface area contributed by atoms with Gasteiger partial charge in [-0.25, -0.2) is 0 Å². The number of ether oxygens (including phenoxy) is 1. The van der Waals surface area contributed by atoms with Crippen LogP contribution in [-0.4, -0.2) is 36.1 Å². The lowest BCUT2D eigenvalue weighted by molar-refractivity contribution is 0.0352. The molecule has 2 N–H and O–H groups in total. The predicted octanol–water partition coefficient (Wildman–Crippen LogP) is 2.03. The fourth-order valence-corrected chi connectivity index (χ4v) is 1.78. The summed E-state index contributed by atoms with van der Waals surface area (Å²) < 4.78 is 10.4. The summed E-state index contributed by atoms with van der Waals surface area (Å²) >= 11 is 0. The van der Waals surface area contributed by atoms with E-state index in [-0.39, 0.29) is 0 Å². The lowest BCUT2D eigenvalue weighted by Crippen LogP contribution is -2.30. The molecule has 0 amide bonds. The summed E-state index contributed by atoms with van der Waals surface area (Å²) in [6.07, 6.45) is 4.29. The fourth-order valence-electron chi connectivity index (χ4n) is 1.78. The number of hydrogen-bond acceptors (Lipinski definition) is 5. The van der Waals surface area contributed by atoms with E-state index in [4.69, 9.17) is 9.26 Å². The maximum Gasteiger partial charge on any atom is 0.133 e. The van der Waals surface area contributed by atoms with Gasteiger partial charge in [-0.2, -0.15) is 0 Å². The molecular formula is C14H26N2O3. The van der Waals surface area contributed by atoms with E-state index in [0.717, 1.165) is 24.5 Å². The topological polar surface area (TPSA) is 67.5 Å². The summed E-state index contributed by atoms with van der Waals surface area (Å²) in [6, 6.07) is 1.88. The van der Waals surface area contributed by atoms with E-state index < -0.39 is 6.10 Å². The van der Waals surface area contributed by atoms with Gasteiger partial charge in [-0.3, -0.25) is 0 Å². The molecule has 110 valence electrons. The van der Waals surface area contributed by atoms with Gasteiger partial charge in [0.1, 0.15) is 5.76 Å². The molecule has 1 heterocycles. The third-order valence-corrected chi connectivity index (χ3v) is 2.82. The number of aromatic nitrogens is 1. The van der Waals surface area contributed by atoms with Crippen LogP contribution in [0.1, 0.15) is 44.1 Å². The molecule has 0 bridgehead atoms. The molecular weight excluding hydrogens is 244 g/mol. The fraction of sp³-hybridized carbons (Fsp3) is 0.786. The third-order valence-electron chi connectivity index (χ3n) is 2.82. The SMILES string of the molecule is CCCCCCOCC(O)CNCc1cc(C)on1. The van der Waals surface area contributed by atoms with Crippen molar-refractivity contribution in [3.05, 3.63) is 17.5 Å². The highest BCUT2D eigenvalue weighted by atomic mass is 16.5. The lowest BCUT2D eigenvalue weighted by atomic mass is 10.2. The number of unbranched alkanes of at least 4 members (excludes halogenated alkanes) is 3. The molecule has 0 aliphatic rings. The van der Waals surface area contributed by atoms with Crippen molar-refractivity contribution in [3.8, 4) is 0 Å². The number of aliphatic hydroxyl groups excluding tert-OH is 1. The second-order valence-electron chi connectivity index (χ2n) is 4.85. The summed E-state index contributed by atoms with van der Waals surface area (Å²) in [5, 5.41) is 16.7. The van der Waals surface area contributed by atoms with Gasteiger partial charge in [-0.1, -0.05) is 31.3 Å². The summed E-state index contributed by atoms with van der Waals surface area (Å²) in [6.45, 7) is 6.27. The van der Waals surface area contributed by atoms with Crippen LogP contribution in [0.15, 0.2) is 10.6 Å². The predicted molar refractivity (Wildman–Crippen MR) is 73.9 cm³/mol. The molecule has 0 saturated carbocycles. The Balaban J connectivity index is 1.94. The van der Waals surface area contributed by atoms with Gasteiger partial charge in [0.15, 0.2) is 0 Å². The molecule has 5 nitrogen and oxygen atoms in total. The molecule has 0 aromatic carbocycles. The maximum absolute atomic E-state index is 9.70. The van der Waals surface area contributed by atoms with Crippen LogP contribution in [0, 0.1) is 6.92 Å². The van der Waals surface area contributed by atoms with Crippen LogP contribution < -0.4 is 5.32 Å². The van der Waals surface area contributed by atoms with Crippen molar-refractivity contribution < 1.29 is 14.4 Å². The molecule has 0 saturated heterocycles. The van der Waals surface area contributed by atoms with Crippen LogP contribution >= 0.6 is 0 Å². The van der Waals surface area contributed by atoms with Crippen molar-refractivity contribution in [2.45, 2.75) is 52.2 Å². The first-order valence-corrected chi connectivity index (χ1v) is 7.11. The van der Waals surface area contributed by atoms with Crippen molar-refractivity contribution in [2.75, 3.05) is 19.8 Å². The standard InChI is InChI=1S/C14H26N2O3/c1-3-4-5-6-7-18-11-14(17)10-15-9-13-8-12(2)19-16-13/h8,14-15,17H,3-7,9-11H2,1-2H3. The first kappa shape index (κ1) is 16.1. The van der Waals surface area contributed by atoms with Gasteiger partial charge in [0.25, 0.3) is 0 Å². The quantitative estimate of drug-likeness (QED) is 0.602. The van der Waals surface area contributed by atoms with E-state index in [1.54, 1.807) is 0 Å². The number of nitrogens with zero attached hydrogens (tertiary/aromatic N) is 1. The van der Waals surface area contributed by atoms with Gasteiger partial charge < -0.3 is 19.7 Å². The molecule has 0 aliphatic carbocycles. The van der Waals surface area contributed by atoms with Crippen LogP contribution in [0.25, 0.3) is 0 Å². The minimum atomic E-state index is -0.473. The summed E-state index contributed by atoms with van der Waals surface area (Å²) in [5.41, 5.74) is 0.852. The van der Waals surface area contributed by atoms with E-state index in [1.165, 1.54) is 19.3 Å². The number of nitrogens with one attached hydrogen (secondary N) is 1. The second-order valence-corrected chi connectivity index (χ2v) is 4.85. The zero-order chi connectivity index (χ0) is 13.9. The number of aryl methyl sites for hydroxylation is 1. The normalized spacial score (nSPS) is 12.8. The number of hydrogen-bond donors (Lipinski definition) is 2. The lowest BCUT2D eigenvalue weighted by Gasteiger charge is -2.11. The molecule has 5 heteroatoms. The van der Waals surface area contributed by atoms with Crippen molar-refractivity contribution in [1.29, 1.82) is 0 Å². The van der Waals surface area contributed by atoms with E-state index in [9.17, 15) is 5.11 Å². The highest BCUT2D eigenvalue weighted by molar-refractivity contribution is 5.02. The van der Waals surface area contributed by atoms with Crippen LogP contribution in [0.3, 0.4) is 0 Å². The zero-order valence-corrected chi connectivity index (χ0v) is 12.0. The van der Waals surface area contributed by atoms with Gasteiger partial charge in [0.05, 0.1) is 18.4 Å². The van der Waals surface area contributed by atoms with Crippen molar-refractivity contribution in [2.24, 2.45) is 0 Å². The number of aliphatic hydroxyl groups is 1. The Morgan fingerprint density at radius 1 is 1.42 bits per heavy atom.